The molecule has 0 saturated heterocycles. The van der Waals surface area contributed by atoms with Gasteiger partial charge in [-0.2, -0.15) is 11.3 Å². The van der Waals surface area contributed by atoms with Crippen molar-refractivity contribution in [2.24, 2.45) is 5.41 Å². The second-order valence-electron chi connectivity index (χ2n) is 10.2. The van der Waals surface area contributed by atoms with Crippen LogP contribution in [0.1, 0.15) is 25.0 Å². The van der Waals surface area contributed by atoms with E-state index in [1.54, 1.807) is 61.7 Å². The molecule has 2 aromatic heterocycles. The third-order valence-electron chi connectivity index (χ3n) is 6.81. The Balaban J connectivity index is 1.88. The number of hydrogen-bond donors (Lipinski definition) is 0. The number of carbonyl (C=O) groups excluding carboxylic acids is 1. The minimum Gasteiger partial charge on any atom is -0.468 e. The van der Waals surface area contributed by atoms with E-state index >= 15 is 0 Å². The minimum absolute atomic E-state index is 0.0635. The molecule has 0 aliphatic heterocycles. The molecule has 6 nitrogen and oxygen atoms in total. The van der Waals surface area contributed by atoms with Crippen LogP contribution < -0.4 is 0 Å². The van der Waals surface area contributed by atoms with Gasteiger partial charge in [0.05, 0.1) is 29.8 Å². The summed E-state index contributed by atoms with van der Waals surface area (Å²) in [6.45, 7) is 12.9. The summed E-state index contributed by atoms with van der Waals surface area (Å²) in [6.07, 6.45) is 0. The molecule has 0 atom stereocenters. The summed E-state index contributed by atoms with van der Waals surface area (Å²) in [6, 6.07) is 19.2. The zero-order valence-electron chi connectivity index (χ0n) is 23.2. The highest BCUT2D eigenvalue weighted by Gasteiger charge is 2.30. The van der Waals surface area contributed by atoms with E-state index in [0.717, 1.165) is 5.56 Å². The molecule has 3 aromatic carbocycles. The van der Waals surface area contributed by atoms with E-state index in [9.17, 15) is 17.6 Å². The summed E-state index contributed by atoms with van der Waals surface area (Å²) in [4.78, 5) is 15.9. The van der Waals surface area contributed by atoms with Gasteiger partial charge >= 0.3 is 5.97 Å². The fourth-order valence-corrected chi connectivity index (χ4v) is 6.92. The lowest BCUT2D eigenvalue weighted by atomic mass is 9.94. The largest absolute Gasteiger partial charge is 0.468 e. The maximum absolute atomic E-state index is 14.7. The van der Waals surface area contributed by atoms with Crippen LogP contribution in [0.15, 0.2) is 83.1 Å². The van der Waals surface area contributed by atoms with Gasteiger partial charge in [-0.25, -0.2) is 21.6 Å². The van der Waals surface area contributed by atoms with Crippen molar-refractivity contribution in [3.8, 4) is 34.2 Å². The number of thiophene rings is 1. The summed E-state index contributed by atoms with van der Waals surface area (Å²) < 4.78 is 49.5. The average molecular weight is 597 g/mol. The molecule has 0 radical (unpaired) electrons. The monoisotopic (exact) mass is 596 g/mol. The third-order valence-corrected chi connectivity index (χ3v) is 9.35. The van der Waals surface area contributed by atoms with Crippen molar-refractivity contribution in [3.05, 3.63) is 107 Å². The normalized spacial score (nSPS) is 11.5. The van der Waals surface area contributed by atoms with E-state index in [4.69, 9.17) is 11.3 Å². The molecular weight excluding hydrogens is 572 g/mol. The molecule has 5 rings (SSSR count). The molecule has 0 saturated carbocycles. The lowest BCUT2D eigenvalue weighted by Crippen LogP contribution is -2.23. The SMILES string of the molecule is [C-]#[N+]c1sccc1-c1c(-c2cccc(C#CC(C)(C)C(=O)OC)c2)n(S(=O)(=O)c2ccc(C)cc2)c2ccc(F)cc12. The molecular formula is C33H25FN2O4S2. The molecule has 0 unspecified atom stereocenters. The molecule has 0 N–H and O–H groups in total. The van der Waals surface area contributed by atoms with Gasteiger partial charge in [-0.15, -0.1) is 0 Å². The van der Waals surface area contributed by atoms with E-state index in [2.05, 4.69) is 16.7 Å². The number of hydrogen-bond acceptors (Lipinski definition) is 5. The second kappa shape index (κ2) is 10.9. The number of fused-ring (bicyclic) bond motifs is 1. The van der Waals surface area contributed by atoms with Gasteiger partial charge in [0.1, 0.15) is 11.2 Å². The topological polar surface area (TPSA) is 69.7 Å². The Morgan fingerprint density at radius 3 is 2.50 bits per heavy atom. The van der Waals surface area contributed by atoms with Gasteiger partial charge in [-0.05, 0) is 68.6 Å². The molecule has 0 fully saturated rings. The van der Waals surface area contributed by atoms with Crippen LogP contribution in [0.5, 0.6) is 0 Å². The van der Waals surface area contributed by atoms with E-state index in [-0.39, 0.29) is 16.1 Å². The predicted molar refractivity (Wildman–Crippen MR) is 163 cm³/mol. The van der Waals surface area contributed by atoms with Gasteiger partial charge in [0.2, 0.25) is 5.00 Å². The highest BCUT2D eigenvalue weighted by atomic mass is 32.2. The van der Waals surface area contributed by atoms with Crippen LogP contribution in [0.4, 0.5) is 9.39 Å². The average Bonchev–Trinajstić information content (AvgIpc) is 3.58. The number of ether oxygens (including phenoxy) is 1. The number of esters is 1. The number of nitrogens with zero attached hydrogens (tertiary/aromatic N) is 2. The molecule has 0 bridgehead atoms. The first-order chi connectivity index (χ1) is 20.0. The Labute approximate surface area is 247 Å². The smallest absolute Gasteiger partial charge is 0.323 e. The van der Waals surface area contributed by atoms with Crippen molar-refractivity contribution in [3.63, 3.8) is 0 Å². The molecule has 210 valence electrons. The van der Waals surface area contributed by atoms with Gasteiger partial charge in [0.25, 0.3) is 10.0 Å². The van der Waals surface area contributed by atoms with Crippen LogP contribution in [0.25, 0.3) is 38.1 Å². The number of aromatic nitrogens is 1. The van der Waals surface area contributed by atoms with Crippen molar-refractivity contribution in [1.29, 1.82) is 0 Å². The Morgan fingerprint density at radius 1 is 1.07 bits per heavy atom. The minimum atomic E-state index is -4.20. The van der Waals surface area contributed by atoms with Gasteiger partial charge in [0, 0.05) is 27.6 Å². The van der Waals surface area contributed by atoms with Crippen LogP contribution in [-0.2, 0) is 19.6 Å². The molecule has 0 aliphatic rings. The highest BCUT2D eigenvalue weighted by molar-refractivity contribution is 7.90. The molecule has 9 heteroatoms. The second-order valence-corrected chi connectivity index (χ2v) is 12.8. The fourth-order valence-electron chi connectivity index (χ4n) is 4.69. The highest BCUT2D eigenvalue weighted by Crippen LogP contribution is 2.47. The quantitative estimate of drug-likeness (QED) is 0.118. The van der Waals surface area contributed by atoms with Gasteiger partial charge in [-0.3, -0.25) is 4.79 Å². The molecule has 0 spiro atoms. The molecule has 5 aromatic rings. The first kappa shape index (κ1) is 28.8. The van der Waals surface area contributed by atoms with Crippen molar-refractivity contribution in [1.82, 2.24) is 3.97 Å². The summed E-state index contributed by atoms with van der Waals surface area (Å²) in [5.74, 6) is 4.93. The lowest BCUT2D eigenvalue weighted by Gasteiger charge is -2.15. The molecule has 2 heterocycles. The lowest BCUT2D eigenvalue weighted by molar-refractivity contribution is -0.147. The maximum Gasteiger partial charge on any atom is 0.323 e. The Bertz CT molecular complexity index is 2070. The summed E-state index contributed by atoms with van der Waals surface area (Å²) in [5.41, 5.74) is 2.31. The first-order valence-corrected chi connectivity index (χ1v) is 15.1. The van der Waals surface area contributed by atoms with Gasteiger partial charge < -0.3 is 4.74 Å². The third kappa shape index (κ3) is 5.09. The Hall–Kier alpha value is -4.70. The summed E-state index contributed by atoms with van der Waals surface area (Å²) in [7, 11) is -2.91. The van der Waals surface area contributed by atoms with Crippen molar-refractivity contribution in [2.75, 3.05) is 7.11 Å². The van der Waals surface area contributed by atoms with Crippen molar-refractivity contribution >= 4 is 43.2 Å². The number of rotatable bonds is 5. The number of benzene rings is 3. The first-order valence-electron chi connectivity index (χ1n) is 12.8. The van der Waals surface area contributed by atoms with Crippen LogP contribution >= 0.6 is 11.3 Å². The fraction of sp³-hybridized carbons (Fsp3) is 0.152. The van der Waals surface area contributed by atoms with E-state index in [1.165, 1.54) is 52.8 Å². The van der Waals surface area contributed by atoms with E-state index < -0.39 is 27.2 Å². The van der Waals surface area contributed by atoms with Crippen molar-refractivity contribution in [2.45, 2.75) is 25.7 Å². The molecule has 0 aliphatic carbocycles. The number of methoxy groups -OCH3 is 1. The van der Waals surface area contributed by atoms with Crippen LogP contribution in [-0.4, -0.2) is 25.5 Å². The zero-order valence-corrected chi connectivity index (χ0v) is 24.9. The van der Waals surface area contributed by atoms with Gasteiger partial charge in [-0.1, -0.05) is 47.7 Å². The zero-order chi connectivity index (χ0) is 30.2. The number of aryl methyl sites for hydroxylation is 1. The van der Waals surface area contributed by atoms with Crippen LogP contribution in [0.3, 0.4) is 0 Å². The van der Waals surface area contributed by atoms with Crippen LogP contribution in [0.2, 0.25) is 0 Å². The molecule has 0 amide bonds. The molecule has 42 heavy (non-hydrogen) atoms. The maximum atomic E-state index is 14.7. The van der Waals surface area contributed by atoms with Gasteiger partial charge in [0.15, 0.2) is 0 Å². The van der Waals surface area contributed by atoms with Crippen LogP contribution in [0, 0.1) is 36.6 Å². The van der Waals surface area contributed by atoms with E-state index in [0.29, 0.717) is 32.6 Å². The number of halogens is 1. The predicted octanol–water partition coefficient (Wildman–Crippen LogP) is 7.82. The standard InChI is InChI=1S/C33H25FN2O4S2/c1-21-9-12-25(13-10-21)42(38,39)36-28-14-11-24(34)20-27(28)29(26-16-18-41-31(26)35-4)30(36)23-8-6-7-22(19-23)15-17-33(2,3)32(37)40-5/h6-14,16,18-20H,1-3,5H3. The Morgan fingerprint density at radius 2 is 1.81 bits per heavy atom. The number of carbonyl (C=O) groups is 1. The van der Waals surface area contributed by atoms with E-state index in [1.807, 2.05) is 6.92 Å². The Kier molecular flexibility index (Phi) is 7.51. The summed E-state index contributed by atoms with van der Waals surface area (Å²) >= 11 is 1.22. The van der Waals surface area contributed by atoms with Crippen molar-refractivity contribution < 1.29 is 22.3 Å². The summed E-state index contributed by atoms with van der Waals surface area (Å²) in [5, 5.41) is 2.45.